The Morgan fingerprint density at radius 1 is 1.09 bits per heavy atom. The van der Waals surface area contributed by atoms with Crippen molar-refractivity contribution in [3.8, 4) is 0 Å². The number of nitrogens with one attached hydrogen (secondary N) is 1. The smallest absolute Gasteiger partial charge is 0.337 e. The zero-order valence-corrected chi connectivity index (χ0v) is 13.2. The third-order valence-corrected chi connectivity index (χ3v) is 3.80. The standard InChI is InChI=1S/C15H10F4INO/c16-10-6-7-11(12(20)8-10)14(22)21-13(15(17,18)19)9-4-2-1-3-5-9/h1-8,13H,(H,21,22). The van der Waals surface area contributed by atoms with Gasteiger partial charge in [0.1, 0.15) is 5.82 Å². The predicted octanol–water partition coefficient (Wildman–Crippen LogP) is 4.46. The lowest BCUT2D eigenvalue weighted by molar-refractivity contribution is -0.155. The Morgan fingerprint density at radius 3 is 2.27 bits per heavy atom. The highest BCUT2D eigenvalue weighted by Gasteiger charge is 2.42. The Bertz CT molecular complexity index is 673. The minimum absolute atomic E-state index is 0.00724. The van der Waals surface area contributed by atoms with E-state index >= 15 is 0 Å². The molecule has 7 heteroatoms. The zero-order valence-electron chi connectivity index (χ0n) is 11.0. The number of carbonyl (C=O) groups is 1. The number of halogens is 5. The number of rotatable bonds is 3. The first-order valence-electron chi connectivity index (χ1n) is 6.16. The van der Waals surface area contributed by atoms with Crippen molar-refractivity contribution >= 4 is 28.5 Å². The summed E-state index contributed by atoms with van der Waals surface area (Å²) in [4.78, 5) is 12.1. The molecule has 0 saturated heterocycles. The van der Waals surface area contributed by atoms with Gasteiger partial charge in [0.05, 0.1) is 5.56 Å². The molecular weight excluding hydrogens is 413 g/mol. The molecule has 0 spiro atoms. The monoisotopic (exact) mass is 423 g/mol. The van der Waals surface area contributed by atoms with Crippen molar-refractivity contribution in [3.05, 3.63) is 69.0 Å². The highest BCUT2D eigenvalue weighted by molar-refractivity contribution is 14.1. The molecule has 0 bridgehead atoms. The summed E-state index contributed by atoms with van der Waals surface area (Å²) < 4.78 is 52.8. The van der Waals surface area contributed by atoms with Crippen LogP contribution in [-0.4, -0.2) is 12.1 Å². The maximum absolute atomic E-state index is 13.2. The molecule has 0 saturated carbocycles. The van der Waals surface area contributed by atoms with Crippen molar-refractivity contribution in [2.75, 3.05) is 0 Å². The van der Waals surface area contributed by atoms with Crippen molar-refractivity contribution in [3.63, 3.8) is 0 Å². The average Bonchev–Trinajstić information content (AvgIpc) is 2.44. The van der Waals surface area contributed by atoms with Gasteiger partial charge in [-0.3, -0.25) is 4.79 Å². The van der Waals surface area contributed by atoms with Gasteiger partial charge in [0, 0.05) is 3.57 Å². The molecule has 0 fully saturated rings. The zero-order chi connectivity index (χ0) is 16.3. The molecule has 22 heavy (non-hydrogen) atoms. The van der Waals surface area contributed by atoms with Crippen molar-refractivity contribution in [2.45, 2.75) is 12.2 Å². The molecule has 0 aliphatic heterocycles. The van der Waals surface area contributed by atoms with E-state index in [1.165, 1.54) is 24.3 Å². The summed E-state index contributed by atoms with van der Waals surface area (Å²) in [6.07, 6.45) is -4.64. The summed E-state index contributed by atoms with van der Waals surface area (Å²) in [6, 6.07) is 8.23. The van der Waals surface area contributed by atoms with Gasteiger partial charge in [-0.2, -0.15) is 13.2 Å². The van der Waals surface area contributed by atoms with E-state index in [0.717, 1.165) is 18.2 Å². The topological polar surface area (TPSA) is 29.1 Å². The van der Waals surface area contributed by atoms with Crippen molar-refractivity contribution in [1.29, 1.82) is 0 Å². The highest BCUT2D eigenvalue weighted by atomic mass is 127. The first kappa shape index (κ1) is 16.7. The number of alkyl halides is 3. The molecule has 0 aliphatic carbocycles. The second kappa shape index (κ2) is 6.64. The molecule has 1 amide bonds. The van der Waals surface area contributed by atoms with Gasteiger partial charge >= 0.3 is 6.18 Å². The molecular formula is C15H10F4INO. The minimum Gasteiger partial charge on any atom is -0.337 e. The van der Waals surface area contributed by atoms with Gasteiger partial charge in [0.15, 0.2) is 6.04 Å². The molecule has 2 aromatic rings. The van der Waals surface area contributed by atoms with Crippen molar-refractivity contribution in [2.24, 2.45) is 0 Å². The predicted molar refractivity (Wildman–Crippen MR) is 81.8 cm³/mol. The van der Waals surface area contributed by atoms with E-state index in [2.05, 4.69) is 0 Å². The number of benzene rings is 2. The first-order valence-corrected chi connectivity index (χ1v) is 7.24. The Balaban J connectivity index is 2.30. The summed E-state index contributed by atoms with van der Waals surface area (Å²) in [5.41, 5.74) is -0.0762. The third-order valence-electron chi connectivity index (χ3n) is 2.91. The van der Waals surface area contributed by atoms with Crippen LogP contribution in [0.1, 0.15) is 22.0 Å². The van der Waals surface area contributed by atoms with Gasteiger partial charge < -0.3 is 5.32 Å². The van der Waals surface area contributed by atoms with Gasteiger partial charge in [-0.1, -0.05) is 30.3 Å². The van der Waals surface area contributed by atoms with Crippen LogP contribution in [0.4, 0.5) is 17.6 Å². The van der Waals surface area contributed by atoms with Crippen LogP contribution < -0.4 is 5.32 Å². The molecule has 1 unspecified atom stereocenters. The Hall–Kier alpha value is -1.64. The van der Waals surface area contributed by atoms with E-state index in [0.29, 0.717) is 0 Å². The minimum atomic E-state index is -4.64. The lowest BCUT2D eigenvalue weighted by Gasteiger charge is -2.22. The Labute approximate surface area is 137 Å². The van der Waals surface area contributed by atoms with Crippen LogP contribution in [0.3, 0.4) is 0 Å². The Kier molecular flexibility index (Phi) is 5.05. The average molecular weight is 423 g/mol. The lowest BCUT2D eigenvalue weighted by atomic mass is 10.1. The van der Waals surface area contributed by atoms with Crippen LogP contribution in [0.5, 0.6) is 0 Å². The highest BCUT2D eigenvalue weighted by Crippen LogP contribution is 2.33. The molecule has 0 radical (unpaired) electrons. The maximum atomic E-state index is 13.2. The second-order valence-electron chi connectivity index (χ2n) is 4.48. The number of amides is 1. The number of hydrogen-bond donors (Lipinski definition) is 1. The largest absolute Gasteiger partial charge is 0.412 e. The summed E-state index contributed by atoms with van der Waals surface area (Å²) >= 11 is 1.70. The number of hydrogen-bond acceptors (Lipinski definition) is 1. The summed E-state index contributed by atoms with van der Waals surface area (Å²) in [7, 11) is 0. The fourth-order valence-corrected chi connectivity index (χ4v) is 2.60. The van der Waals surface area contributed by atoms with Crippen LogP contribution in [0.15, 0.2) is 48.5 Å². The SMILES string of the molecule is O=C(NC(c1ccccc1)C(F)(F)F)c1ccc(F)cc1I. The second-order valence-corrected chi connectivity index (χ2v) is 5.65. The summed E-state index contributed by atoms with van der Waals surface area (Å²) in [5, 5.41) is 1.96. The van der Waals surface area contributed by atoms with Gasteiger partial charge in [0.2, 0.25) is 0 Å². The molecule has 2 aromatic carbocycles. The van der Waals surface area contributed by atoms with Crippen molar-refractivity contribution in [1.82, 2.24) is 5.32 Å². The van der Waals surface area contributed by atoms with Crippen LogP contribution in [0, 0.1) is 9.39 Å². The molecule has 1 N–H and O–H groups in total. The molecule has 2 nitrogen and oxygen atoms in total. The number of carbonyl (C=O) groups excluding carboxylic acids is 1. The fraction of sp³-hybridized carbons (Fsp3) is 0.133. The van der Waals surface area contributed by atoms with Gasteiger partial charge in [-0.05, 0) is 46.4 Å². The van der Waals surface area contributed by atoms with Gasteiger partial charge in [-0.25, -0.2) is 4.39 Å². The molecule has 116 valence electrons. The lowest BCUT2D eigenvalue weighted by Crippen LogP contribution is -2.38. The summed E-state index contributed by atoms with van der Waals surface area (Å²) in [6.45, 7) is 0. The van der Waals surface area contributed by atoms with E-state index in [1.54, 1.807) is 28.7 Å². The van der Waals surface area contributed by atoms with E-state index in [4.69, 9.17) is 0 Å². The van der Waals surface area contributed by atoms with E-state index in [1.807, 2.05) is 5.32 Å². The van der Waals surface area contributed by atoms with Gasteiger partial charge in [0.25, 0.3) is 5.91 Å². The maximum Gasteiger partial charge on any atom is 0.412 e. The van der Waals surface area contributed by atoms with Crippen LogP contribution >= 0.6 is 22.6 Å². The molecule has 0 aromatic heterocycles. The van der Waals surface area contributed by atoms with E-state index < -0.39 is 23.9 Å². The summed E-state index contributed by atoms with van der Waals surface area (Å²) in [5.74, 6) is -1.47. The van der Waals surface area contributed by atoms with Gasteiger partial charge in [-0.15, -0.1) is 0 Å². The molecule has 0 heterocycles. The van der Waals surface area contributed by atoms with Crippen LogP contribution in [-0.2, 0) is 0 Å². The first-order chi connectivity index (χ1) is 10.3. The van der Waals surface area contributed by atoms with E-state index in [-0.39, 0.29) is 14.7 Å². The van der Waals surface area contributed by atoms with Crippen LogP contribution in [0.25, 0.3) is 0 Å². The van der Waals surface area contributed by atoms with E-state index in [9.17, 15) is 22.4 Å². The normalized spacial score (nSPS) is 12.8. The molecule has 1 atom stereocenters. The fourth-order valence-electron chi connectivity index (χ4n) is 1.88. The molecule has 2 rings (SSSR count). The quantitative estimate of drug-likeness (QED) is 0.574. The third kappa shape index (κ3) is 3.96. The Morgan fingerprint density at radius 2 is 1.73 bits per heavy atom. The van der Waals surface area contributed by atoms with Crippen LogP contribution in [0.2, 0.25) is 0 Å². The molecule has 0 aliphatic rings. The van der Waals surface area contributed by atoms with Crippen molar-refractivity contribution < 1.29 is 22.4 Å².